The van der Waals surface area contributed by atoms with Gasteiger partial charge in [-0.15, -0.1) is 0 Å². The van der Waals surface area contributed by atoms with Crippen LogP contribution < -0.4 is 9.47 Å². The van der Waals surface area contributed by atoms with Crippen LogP contribution in [0.4, 0.5) is 17.6 Å². The predicted octanol–water partition coefficient (Wildman–Crippen LogP) is 6.16. The molecule has 2 aromatic heterocycles. The van der Waals surface area contributed by atoms with Gasteiger partial charge in [-0.3, -0.25) is 4.90 Å². The summed E-state index contributed by atoms with van der Waals surface area (Å²) in [5.74, 6) is -2.73. The third kappa shape index (κ3) is 6.23. The minimum Gasteiger partial charge on any atom is -0.478 e. The maximum absolute atomic E-state index is 15.0. The van der Waals surface area contributed by atoms with E-state index in [9.17, 15) is 23.1 Å². The Morgan fingerprint density at radius 2 is 1.90 bits per heavy atom. The first-order chi connectivity index (χ1) is 19.6. The largest absolute Gasteiger partial charge is 0.478 e. The van der Waals surface area contributed by atoms with E-state index in [1.165, 1.54) is 17.7 Å². The molecule has 0 aliphatic carbocycles. The van der Waals surface area contributed by atoms with E-state index in [1.807, 2.05) is 12.1 Å². The van der Waals surface area contributed by atoms with Crippen LogP contribution in [0.5, 0.6) is 11.6 Å². The highest BCUT2D eigenvalue weighted by molar-refractivity contribution is 6.30. The summed E-state index contributed by atoms with van der Waals surface area (Å²) < 4.78 is 66.6. The highest BCUT2D eigenvalue weighted by Crippen LogP contribution is 2.33. The molecule has 0 bridgehead atoms. The summed E-state index contributed by atoms with van der Waals surface area (Å²) in [5, 5.41) is 9.63. The second kappa shape index (κ2) is 11.9. The average Bonchev–Trinajstić information content (AvgIpc) is 3.26. The third-order valence-corrected chi connectivity index (χ3v) is 7.33. The minimum absolute atomic E-state index is 0.00847. The third-order valence-electron chi connectivity index (χ3n) is 7.09. The van der Waals surface area contributed by atoms with Crippen LogP contribution in [0.3, 0.4) is 0 Å². The number of alkyl halides is 2. The van der Waals surface area contributed by atoms with E-state index in [0.29, 0.717) is 35.4 Å². The van der Waals surface area contributed by atoms with Gasteiger partial charge < -0.3 is 19.1 Å². The lowest BCUT2D eigenvalue weighted by Gasteiger charge is -2.31. The molecular formula is C28H25ClF4N4O4. The second-order valence-electron chi connectivity index (χ2n) is 9.68. The number of hydrogen-bond donors (Lipinski definition) is 1. The maximum Gasteiger partial charge on any atom is 0.387 e. The van der Waals surface area contributed by atoms with Gasteiger partial charge in [-0.25, -0.2) is 23.5 Å². The molecule has 13 heteroatoms. The van der Waals surface area contributed by atoms with E-state index in [2.05, 4.69) is 19.6 Å². The monoisotopic (exact) mass is 592 g/mol. The number of imidazole rings is 1. The molecule has 0 radical (unpaired) electrons. The Hall–Kier alpha value is -3.90. The van der Waals surface area contributed by atoms with E-state index in [-0.39, 0.29) is 30.1 Å². The zero-order valence-electron chi connectivity index (χ0n) is 21.8. The topological polar surface area (TPSA) is 89.7 Å². The van der Waals surface area contributed by atoms with Gasteiger partial charge in [0.1, 0.15) is 34.8 Å². The van der Waals surface area contributed by atoms with Gasteiger partial charge in [0.15, 0.2) is 11.6 Å². The summed E-state index contributed by atoms with van der Waals surface area (Å²) in [6.45, 7) is -1.63. The van der Waals surface area contributed by atoms with E-state index >= 15 is 4.39 Å². The van der Waals surface area contributed by atoms with Crippen molar-refractivity contribution in [3.63, 3.8) is 0 Å². The lowest BCUT2D eigenvalue weighted by atomic mass is 9.93. The number of benzene rings is 2. The van der Waals surface area contributed by atoms with Crippen LogP contribution >= 0.6 is 11.6 Å². The van der Waals surface area contributed by atoms with E-state index in [1.54, 1.807) is 18.2 Å². The van der Waals surface area contributed by atoms with Crippen molar-refractivity contribution in [2.24, 2.45) is 7.05 Å². The van der Waals surface area contributed by atoms with Crippen LogP contribution in [-0.4, -0.2) is 50.2 Å². The van der Waals surface area contributed by atoms with E-state index in [4.69, 9.17) is 16.3 Å². The molecule has 4 aromatic rings. The molecule has 1 N–H and O–H groups in total. The molecule has 3 heterocycles. The first-order valence-electron chi connectivity index (χ1n) is 12.7. The van der Waals surface area contributed by atoms with Crippen molar-refractivity contribution < 1.29 is 36.9 Å². The maximum atomic E-state index is 15.0. The number of carboxylic acid groups (broad SMARTS) is 1. The number of rotatable bonds is 9. The zero-order chi connectivity index (χ0) is 29.3. The lowest BCUT2D eigenvalue weighted by molar-refractivity contribution is -0.0490. The van der Waals surface area contributed by atoms with Crippen molar-refractivity contribution in [2.75, 3.05) is 13.1 Å². The van der Waals surface area contributed by atoms with Crippen LogP contribution in [0.1, 0.15) is 46.2 Å². The van der Waals surface area contributed by atoms with Gasteiger partial charge in [-0.2, -0.15) is 8.78 Å². The molecule has 1 fully saturated rings. The first-order valence-corrected chi connectivity index (χ1v) is 13.1. The number of fused-ring (bicyclic) bond motifs is 1. The number of aryl methyl sites for hydroxylation is 1. The Labute approximate surface area is 237 Å². The van der Waals surface area contributed by atoms with Gasteiger partial charge in [0, 0.05) is 41.4 Å². The van der Waals surface area contributed by atoms with Crippen LogP contribution in [-0.2, 0) is 20.2 Å². The van der Waals surface area contributed by atoms with Gasteiger partial charge in [0.05, 0.1) is 6.54 Å². The fourth-order valence-corrected chi connectivity index (χ4v) is 5.12. The molecule has 216 valence electrons. The smallest absolute Gasteiger partial charge is 0.387 e. The summed E-state index contributed by atoms with van der Waals surface area (Å²) >= 11 is 5.80. The van der Waals surface area contributed by atoms with Gasteiger partial charge in [-0.1, -0.05) is 23.7 Å². The second-order valence-corrected chi connectivity index (χ2v) is 10.1. The quantitative estimate of drug-likeness (QED) is 0.233. The van der Waals surface area contributed by atoms with Crippen molar-refractivity contribution in [3.8, 4) is 11.6 Å². The number of piperidine rings is 1. The number of aromatic nitrogens is 3. The highest BCUT2D eigenvalue weighted by atomic mass is 35.5. The predicted molar refractivity (Wildman–Crippen MR) is 141 cm³/mol. The number of pyridine rings is 1. The summed E-state index contributed by atoms with van der Waals surface area (Å²) in [4.78, 5) is 22.5. The molecule has 0 atom stereocenters. The fourth-order valence-electron chi connectivity index (χ4n) is 4.96. The van der Waals surface area contributed by atoms with Crippen molar-refractivity contribution in [1.29, 1.82) is 0 Å². The number of nitrogens with zero attached hydrogens (tertiary/aromatic N) is 4. The molecular weight excluding hydrogens is 568 g/mol. The molecule has 1 aliphatic heterocycles. The normalized spacial score (nSPS) is 14.6. The molecule has 0 spiro atoms. The van der Waals surface area contributed by atoms with Crippen LogP contribution in [0.15, 0.2) is 42.5 Å². The van der Waals surface area contributed by atoms with Crippen molar-refractivity contribution in [3.05, 3.63) is 81.8 Å². The Morgan fingerprint density at radius 3 is 2.59 bits per heavy atom. The molecule has 0 amide bonds. The number of ether oxygens (including phenoxy) is 2. The number of likely N-dealkylation sites (tertiary alicyclic amines) is 1. The molecule has 8 nitrogen and oxygen atoms in total. The van der Waals surface area contributed by atoms with Gasteiger partial charge in [-0.05, 0) is 44.1 Å². The molecule has 0 saturated carbocycles. The summed E-state index contributed by atoms with van der Waals surface area (Å²) in [5.41, 5.74) is 0.0486. The molecule has 41 heavy (non-hydrogen) atoms. The minimum atomic E-state index is -3.23. The van der Waals surface area contributed by atoms with Gasteiger partial charge >= 0.3 is 12.6 Å². The summed E-state index contributed by atoms with van der Waals surface area (Å²) in [7, 11) is 1.50. The Morgan fingerprint density at radius 1 is 1.15 bits per heavy atom. The van der Waals surface area contributed by atoms with Gasteiger partial charge in [0.2, 0.25) is 5.88 Å². The number of halogens is 5. The number of carbonyl (C=O) groups is 1. The fraction of sp³-hybridized carbons (Fsp3) is 0.321. The Balaban J connectivity index is 1.26. The molecule has 2 aromatic carbocycles. The highest BCUT2D eigenvalue weighted by Gasteiger charge is 2.27. The Kier molecular flexibility index (Phi) is 8.32. The van der Waals surface area contributed by atoms with Crippen LogP contribution in [0.25, 0.3) is 11.0 Å². The molecule has 5 rings (SSSR count). The average molecular weight is 593 g/mol. The summed E-state index contributed by atoms with van der Waals surface area (Å²) in [6.07, 6.45) is 1.51. The summed E-state index contributed by atoms with van der Waals surface area (Å²) in [6, 6.07) is 10.6. The van der Waals surface area contributed by atoms with Crippen LogP contribution in [0, 0.1) is 11.6 Å². The lowest BCUT2D eigenvalue weighted by Crippen LogP contribution is -2.33. The first kappa shape index (κ1) is 28.6. The standard InChI is InChI=1S/C28H25ClF4N4O4/c1-36-22(35-25-21(41-28(32)33)12-18(27(38)39)24(31)26(25)36)13-37-9-7-15(8-10-37)20-3-2-4-23(34-20)40-14-16-5-6-17(29)11-19(16)30/h2-6,11-12,15,28H,7-10,13-14H2,1H3,(H,38,39). The number of hydrogen-bond acceptors (Lipinski definition) is 6. The molecule has 1 saturated heterocycles. The number of aromatic carboxylic acids is 1. The number of carboxylic acids is 1. The van der Waals surface area contributed by atoms with Crippen molar-refractivity contribution >= 4 is 28.6 Å². The van der Waals surface area contributed by atoms with Gasteiger partial charge in [0.25, 0.3) is 0 Å². The SMILES string of the molecule is Cn1c(CN2CCC(c3cccc(OCc4ccc(Cl)cc4F)n3)CC2)nc2c(OC(F)F)cc(C(=O)O)c(F)c21. The van der Waals surface area contributed by atoms with Crippen molar-refractivity contribution in [2.45, 2.75) is 38.5 Å². The van der Waals surface area contributed by atoms with Crippen molar-refractivity contribution in [1.82, 2.24) is 19.4 Å². The Bertz CT molecular complexity index is 1590. The van der Waals surface area contributed by atoms with Crippen LogP contribution in [0.2, 0.25) is 5.02 Å². The van der Waals surface area contributed by atoms with E-state index < -0.39 is 35.5 Å². The molecule has 0 unspecified atom stereocenters. The van der Waals surface area contributed by atoms with E-state index in [0.717, 1.165) is 24.6 Å². The zero-order valence-corrected chi connectivity index (χ0v) is 22.5. The molecule has 1 aliphatic rings.